The maximum Gasteiger partial charge on any atom is 0.136 e. The lowest BCUT2D eigenvalue weighted by Crippen LogP contribution is -2.28. The van der Waals surface area contributed by atoms with E-state index in [1.165, 1.54) is 17.8 Å². The van der Waals surface area contributed by atoms with Crippen LogP contribution in [0.1, 0.15) is 0 Å². The zero-order valence-electron chi connectivity index (χ0n) is 8.07. The summed E-state index contributed by atoms with van der Waals surface area (Å²) < 4.78 is 18.0. The molecule has 0 aliphatic carbocycles. The molecule has 0 heterocycles. The van der Waals surface area contributed by atoms with E-state index in [2.05, 4.69) is 0 Å². The van der Waals surface area contributed by atoms with Gasteiger partial charge in [0.15, 0.2) is 0 Å². The predicted octanol–water partition coefficient (Wildman–Crippen LogP) is 1.89. The zero-order chi connectivity index (χ0) is 10.4. The van der Waals surface area contributed by atoms with Crippen molar-refractivity contribution in [3.63, 3.8) is 0 Å². The van der Waals surface area contributed by atoms with Crippen LogP contribution >= 0.6 is 11.8 Å². The number of benzene rings is 1. The van der Waals surface area contributed by atoms with Gasteiger partial charge in [0.25, 0.3) is 0 Å². The van der Waals surface area contributed by atoms with Crippen molar-refractivity contribution in [3.05, 3.63) is 30.1 Å². The molecule has 1 atom stereocenters. The first-order valence-corrected chi connectivity index (χ1v) is 5.34. The van der Waals surface area contributed by atoms with Crippen LogP contribution in [0.4, 0.5) is 4.39 Å². The fourth-order valence-electron chi connectivity index (χ4n) is 1.02. The topological polar surface area (TPSA) is 35.2 Å². The van der Waals surface area contributed by atoms with Crippen LogP contribution in [-0.2, 0) is 4.74 Å². The third-order valence-corrected chi connectivity index (χ3v) is 2.91. The quantitative estimate of drug-likeness (QED) is 0.762. The summed E-state index contributed by atoms with van der Waals surface area (Å²) in [4.78, 5) is 0.638. The molecule has 0 bridgehead atoms. The molecule has 14 heavy (non-hydrogen) atoms. The zero-order valence-corrected chi connectivity index (χ0v) is 8.89. The molecule has 1 rings (SSSR count). The van der Waals surface area contributed by atoms with E-state index in [-0.39, 0.29) is 11.9 Å². The van der Waals surface area contributed by atoms with Crippen LogP contribution in [0, 0.1) is 5.82 Å². The van der Waals surface area contributed by atoms with E-state index in [1.807, 2.05) is 6.07 Å². The highest BCUT2D eigenvalue weighted by atomic mass is 32.2. The highest BCUT2D eigenvalue weighted by Crippen LogP contribution is 2.21. The van der Waals surface area contributed by atoms with E-state index in [1.54, 1.807) is 19.2 Å². The number of hydrogen-bond donors (Lipinski definition) is 1. The minimum absolute atomic E-state index is 0.0513. The summed E-state index contributed by atoms with van der Waals surface area (Å²) in [6, 6.07) is 6.63. The maximum atomic E-state index is 13.1. The Kier molecular flexibility index (Phi) is 4.93. The minimum atomic E-state index is -0.192. The van der Waals surface area contributed by atoms with Gasteiger partial charge in [-0.3, -0.25) is 0 Å². The number of rotatable bonds is 5. The molecular formula is C10H14FNOS. The van der Waals surface area contributed by atoms with Crippen molar-refractivity contribution in [2.24, 2.45) is 5.73 Å². The standard InChI is InChI=1S/C10H14FNOS/c1-13-6-8(12)7-14-10-5-3-2-4-9(10)11/h2-5,8H,6-7,12H2,1H3. The van der Waals surface area contributed by atoms with E-state index in [0.717, 1.165) is 0 Å². The van der Waals surface area contributed by atoms with Crippen molar-refractivity contribution >= 4 is 11.8 Å². The molecule has 0 saturated heterocycles. The molecule has 1 aromatic carbocycles. The Labute approximate surface area is 87.6 Å². The SMILES string of the molecule is COCC(N)CSc1ccccc1F. The molecule has 0 aromatic heterocycles. The molecule has 0 aliphatic rings. The summed E-state index contributed by atoms with van der Waals surface area (Å²) in [6.07, 6.45) is 0. The van der Waals surface area contributed by atoms with Crippen LogP contribution in [-0.4, -0.2) is 25.5 Å². The van der Waals surface area contributed by atoms with Gasteiger partial charge in [0.05, 0.1) is 6.61 Å². The molecule has 2 nitrogen and oxygen atoms in total. The van der Waals surface area contributed by atoms with Gasteiger partial charge >= 0.3 is 0 Å². The first-order chi connectivity index (χ1) is 6.74. The monoisotopic (exact) mass is 215 g/mol. The Bertz CT molecular complexity index is 283. The lowest BCUT2D eigenvalue weighted by Gasteiger charge is -2.09. The van der Waals surface area contributed by atoms with E-state index in [0.29, 0.717) is 17.3 Å². The minimum Gasteiger partial charge on any atom is -0.383 e. The number of methoxy groups -OCH3 is 1. The van der Waals surface area contributed by atoms with E-state index >= 15 is 0 Å². The molecule has 0 fully saturated rings. The van der Waals surface area contributed by atoms with Crippen LogP contribution in [0.25, 0.3) is 0 Å². The van der Waals surface area contributed by atoms with Crippen molar-refractivity contribution in [1.82, 2.24) is 0 Å². The third kappa shape index (κ3) is 3.65. The van der Waals surface area contributed by atoms with Crippen LogP contribution in [0.2, 0.25) is 0 Å². The van der Waals surface area contributed by atoms with Gasteiger partial charge in [-0.1, -0.05) is 12.1 Å². The lowest BCUT2D eigenvalue weighted by molar-refractivity contribution is 0.186. The third-order valence-electron chi connectivity index (χ3n) is 1.67. The van der Waals surface area contributed by atoms with E-state index in [9.17, 15) is 4.39 Å². The second-order valence-corrected chi connectivity index (χ2v) is 4.02. The summed E-state index contributed by atoms with van der Waals surface area (Å²) in [5, 5.41) is 0. The Morgan fingerprint density at radius 3 is 2.86 bits per heavy atom. The van der Waals surface area contributed by atoms with Gasteiger partial charge in [0, 0.05) is 23.8 Å². The molecule has 1 aromatic rings. The molecule has 0 radical (unpaired) electrons. The molecule has 1 unspecified atom stereocenters. The summed E-state index contributed by atoms with van der Waals surface area (Å²) >= 11 is 1.42. The average molecular weight is 215 g/mol. The number of nitrogens with two attached hydrogens (primary N) is 1. The Hall–Kier alpha value is -0.580. The van der Waals surface area contributed by atoms with Crippen molar-refractivity contribution < 1.29 is 9.13 Å². The summed E-state index contributed by atoms with van der Waals surface area (Å²) in [5.74, 6) is 0.469. The average Bonchev–Trinajstić information content (AvgIpc) is 2.17. The van der Waals surface area contributed by atoms with Crippen molar-refractivity contribution in [2.75, 3.05) is 19.5 Å². The van der Waals surface area contributed by atoms with Gasteiger partial charge in [0.2, 0.25) is 0 Å². The van der Waals surface area contributed by atoms with Gasteiger partial charge in [-0.05, 0) is 12.1 Å². The number of thioether (sulfide) groups is 1. The molecule has 78 valence electrons. The van der Waals surface area contributed by atoms with Crippen LogP contribution in [0.15, 0.2) is 29.2 Å². The second-order valence-electron chi connectivity index (χ2n) is 2.96. The summed E-state index contributed by atoms with van der Waals surface area (Å²) in [5.41, 5.74) is 5.71. The van der Waals surface area contributed by atoms with Gasteiger partial charge in [0.1, 0.15) is 5.82 Å². The van der Waals surface area contributed by atoms with Crippen LogP contribution in [0.3, 0.4) is 0 Å². The Morgan fingerprint density at radius 2 is 2.21 bits per heavy atom. The molecule has 4 heteroatoms. The highest BCUT2D eigenvalue weighted by Gasteiger charge is 2.05. The van der Waals surface area contributed by atoms with Gasteiger partial charge < -0.3 is 10.5 Å². The number of hydrogen-bond acceptors (Lipinski definition) is 3. The first kappa shape index (κ1) is 11.5. The largest absolute Gasteiger partial charge is 0.383 e. The molecular weight excluding hydrogens is 201 g/mol. The van der Waals surface area contributed by atoms with E-state index < -0.39 is 0 Å². The second kappa shape index (κ2) is 6.01. The van der Waals surface area contributed by atoms with Crippen molar-refractivity contribution in [3.8, 4) is 0 Å². The summed E-state index contributed by atoms with van der Waals surface area (Å²) in [7, 11) is 1.60. The smallest absolute Gasteiger partial charge is 0.136 e. The lowest BCUT2D eigenvalue weighted by atomic mass is 10.3. The van der Waals surface area contributed by atoms with Crippen LogP contribution in [0.5, 0.6) is 0 Å². The molecule has 0 aliphatic heterocycles. The normalized spacial score (nSPS) is 12.8. The molecule has 0 saturated carbocycles. The predicted molar refractivity (Wildman–Crippen MR) is 57.0 cm³/mol. The number of halogens is 1. The number of ether oxygens (including phenoxy) is 1. The van der Waals surface area contributed by atoms with Gasteiger partial charge in [-0.25, -0.2) is 4.39 Å². The fourth-order valence-corrected chi connectivity index (χ4v) is 1.89. The molecule has 2 N–H and O–H groups in total. The Balaban J connectivity index is 2.41. The van der Waals surface area contributed by atoms with Crippen molar-refractivity contribution in [1.29, 1.82) is 0 Å². The Morgan fingerprint density at radius 1 is 1.50 bits per heavy atom. The molecule has 0 spiro atoms. The van der Waals surface area contributed by atoms with Crippen molar-refractivity contribution in [2.45, 2.75) is 10.9 Å². The molecule has 0 amide bonds. The fraction of sp³-hybridized carbons (Fsp3) is 0.400. The first-order valence-electron chi connectivity index (χ1n) is 4.36. The van der Waals surface area contributed by atoms with Gasteiger partial charge in [-0.15, -0.1) is 11.8 Å². The van der Waals surface area contributed by atoms with E-state index in [4.69, 9.17) is 10.5 Å². The maximum absolute atomic E-state index is 13.1. The highest BCUT2D eigenvalue weighted by molar-refractivity contribution is 7.99. The van der Waals surface area contributed by atoms with Crippen LogP contribution < -0.4 is 5.73 Å². The van der Waals surface area contributed by atoms with Gasteiger partial charge in [-0.2, -0.15) is 0 Å². The summed E-state index contributed by atoms with van der Waals surface area (Å²) in [6.45, 7) is 0.501.